The van der Waals surface area contributed by atoms with Crippen molar-refractivity contribution >= 4 is 17.6 Å². The quantitative estimate of drug-likeness (QED) is 0.834. The summed E-state index contributed by atoms with van der Waals surface area (Å²) in [6.45, 7) is 6.41. The molecular formula is C15H27N3S. The number of nitrogens with two attached hydrogens (primary N) is 1. The normalized spacial score (nSPS) is 14.2. The van der Waals surface area contributed by atoms with Crippen molar-refractivity contribution in [2.45, 2.75) is 45.7 Å². The molecule has 0 saturated carbocycles. The standard InChI is InChI=1S/C15H27N3S/c1-11-8-14(9-12(2)16)10-17-15(11)18(4)13(3)6-7-19-5/h8,10,12-13H,6-7,9,16H2,1-5H3. The molecule has 1 heterocycles. The first-order valence-corrected chi connectivity index (χ1v) is 8.28. The summed E-state index contributed by atoms with van der Waals surface area (Å²) in [5.41, 5.74) is 8.29. The zero-order valence-corrected chi connectivity index (χ0v) is 13.6. The maximum atomic E-state index is 5.83. The fourth-order valence-electron chi connectivity index (χ4n) is 2.17. The van der Waals surface area contributed by atoms with Gasteiger partial charge in [-0.3, -0.25) is 0 Å². The summed E-state index contributed by atoms with van der Waals surface area (Å²) in [4.78, 5) is 6.90. The van der Waals surface area contributed by atoms with Crippen LogP contribution in [-0.4, -0.2) is 36.1 Å². The molecule has 0 aliphatic heterocycles. The number of pyridine rings is 1. The first-order valence-electron chi connectivity index (χ1n) is 6.88. The molecule has 0 aliphatic carbocycles. The maximum absolute atomic E-state index is 5.83. The molecule has 19 heavy (non-hydrogen) atoms. The summed E-state index contributed by atoms with van der Waals surface area (Å²) in [5, 5.41) is 0. The number of aromatic nitrogens is 1. The van der Waals surface area contributed by atoms with Crippen LogP contribution in [-0.2, 0) is 6.42 Å². The number of nitrogens with zero attached hydrogens (tertiary/aromatic N) is 2. The highest BCUT2D eigenvalue weighted by Gasteiger charge is 2.13. The van der Waals surface area contributed by atoms with Gasteiger partial charge in [-0.25, -0.2) is 4.98 Å². The lowest BCUT2D eigenvalue weighted by Gasteiger charge is -2.27. The topological polar surface area (TPSA) is 42.2 Å². The number of hydrogen-bond acceptors (Lipinski definition) is 4. The summed E-state index contributed by atoms with van der Waals surface area (Å²) in [6.07, 6.45) is 6.18. The van der Waals surface area contributed by atoms with Crippen molar-refractivity contribution < 1.29 is 0 Å². The van der Waals surface area contributed by atoms with E-state index in [0.717, 1.165) is 12.2 Å². The molecular weight excluding hydrogens is 254 g/mol. The molecule has 1 rings (SSSR count). The van der Waals surface area contributed by atoms with E-state index in [0.29, 0.717) is 6.04 Å². The largest absolute Gasteiger partial charge is 0.357 e. The Morgan fingerprint density at radius 3 is 2.63 bits per heavy atom. The van der Waals surface area contributed by atoms with E-state index in [-0.39, 0.29) is 6.04 Å². The third kappa shape index (κ3) is 5.03. The minimum atomic E-state index is 0.185. The van der Waals surface area contributed by atoms with E-state index in [4.69, 9.17) is 5.73 Å². The molecule has 0 radical (unpaired) electrons. The second-order valence-electron chi connectivity index (χ2n) is 5.41. The van der Waals surface area contributed by atoms with Gasteiger partial charge in [0.15, 0.2) is 0 Å². The highest BCUT2D eigenvalue weighted by molar-refractivity contribution is 7.98. The number of thioether (sulfide) groups is 1. The van der Waals surface area contributed by atoms with Gasteiger partial charge in [0.25, 0.3) is 0 Å². The molecule has 2 atom stereocenters. The van der Waals surface area contributed by atoms with E-state index in [1.807, 2.05) is 24.9 Å². The molecule has 1 aromatic rings. The van der Waals surface area contributed by atoms with Crippen molar-refractivity contribution in [2.24, 2.45) is 5.73 Å². The Morgan fingerprint density at radius 2 is 2.11 bits per heavy atom. The van der Waals surface area contributed by atoms with E-state index in [1.165, 1.54) is 23.3 Å². The van der Waals surface area contributed by atoms with Crippen molar-refractivity contribution in [1.82, 2.24) is 4.98 Å². The minimum Gasteiger partial charge on any atom is -0.357 e. The van der Waals surface area contributed by atoms with Gasteiger partial charge in [0.1, 0.15) is 5.82 Å². The Hall–Kier alpha value is -0.740. The van der Waals surface area contributed by atoms with Gasteiger partial charge < -0.3 is 10.6 Å². The molecule has 2 N–H and O–H groups in total. The average Bonchev–Trinajstić information content (AvgIpc) is 2.34. The first-order chi connectivity index (χ1) is 8.95. The lowest BCUT2D eigenvalue weighted by atomic mass is 10.1. The molecule has 0 spiro atoms. The Morgan fingerprint density at radius 1 is 1.42 bits per heavy atom. The fourth-order valence-corrected chi connectivity index (χ4v) is 2.75. The highest BCUT2D eigenvalue weighted by Crippen LogP contribution is 2.20. The van der Waals surface area contributed by atoms with Crippen LogP contribution in [0.1, 0.15) is 31.4 Å². The molecule has 3 nitrogen and oxygen atoms in total. The van der Waals surface area contributed by atoms with Gasteiger partial charge in [-0.15, -0.1) is 0 Å². The summed E-state index contributed by atoms with van der Waals surface area (Å²) in [7, 11) is 2.13. The van der Waals surface area contributed by atoms with Crippen molar-refractivity contribution in [3.05, 3.63) is 23.4 Å². The SMILES string of the molecule is CSCCC(C)N(C)c1ncc(CC(C)N)cc1C. The predicted molar refractivity (Wildman–Crippen MR) is 87.2 cm³/mol. The molecule has 4 heteroatoms. The Bertz CT molecular complexity index is 393. The molecule has 0 saturated heterocycles. The van der Waals surface area contributed by atoms with Crippen LogP contribution in [0.2, 0.25) is 0 Å². The monoisotopic (exact) mass is 281 g/mol. The third-order valence-corrected chi connectivity index (χ3v) is 4.04. The summed E-state index contributed by atoms with van der Waals surface area (Å²) >= 11 is 1.90. The lowest BCUT2D eigenvalue weighted by Crippen LogP contribution is -2.30. The second kappa shape index (κ2) is 7.75. The highest BCUT2D eigenvalue weighted by atomic mass is 32.2. The molecule has 2 unspecified atom stereocenters. The second-order valence-corrected chi connectivity index (χ2v) is 6.39. The van der Waals surface area contributed by atoms with Crippen LogP contribution >= 0.6 is 11.8 Å². The van der Waals surface area contributed by atoms with Crippen molar-refractivity contribution in [3.8, 4) is 0 Å². The number of anilines is 1. The van der Waals surface area contributed by atoms with Crippen molar-refractivity contribution in [3.63, 3.8) is 0 Å². The van der Waals surface area contributed by atoms with E-state index in [1.54, 1.807) is 0 Å². The van der Waals surface area contributed by atoms with Crippen LogP contribution in [0.4, 0.5) is 5.82 Å². The zero-order valence-electron chi connectivity index (χ0n) is 12.8. The van der Waals surface area contributed by atoms with Gasteiger partial charge in [-0.05, 0) is 56.7 Å². The van der Waals surface area contributed by atoms with Gasteiger partial charge in [0.2, 0.25) is 0 Å². The van der Waals surface area contributed by atoms with Crippen LogP contribution < -0.4 is 10.6 Å². The average molecular weight is 281 g/mol. The number of aryl methyl sites for hydroxylation is 1. The molecule has 1 aromatic heterocycles. The molecule has 0 bridgehead atoms. The van der Waals surface area contributed by atoms with E-state index in [9.17, 15) is 0 Å². The minimum absolute atomic E-state index is 0.185. The van der Waals surface area contributed by atoms with E-state index in [2.05, 4.69) is 43.1 Å². The fraction of sp³-hybridized carbons (Fsp3) is 0.667. The van der Waals surface area contributed by atoms with Crippen LogP contribution in [0.25, 0.3) is 0 Å². The van der Waals surface area contributed by atoms with Crippen LogP contribution in [0.3, 0.4) is 0 Å². The summed E-state index contributed by atoms with van der Waals surface area (Å²) in [5.74, 6) is 2.27. The van der Waals surface area contributed by atoms with E-state index >= 15 is 0 Å². The van der Waals surface area contributed by atoms with Crippen LogP contribution in [0.5, 0.6) is 0 Å². The Kier molecular flexibility index (Phi) is 6.66. The van der Waals surface area contributed by atoms with Gasteiger partial charge in [0, 0.05) is 25.3 Å². The summed E-state index contributed by atoms with van der Waals surface area (Å²) in [6, 6.07) is 2.91. The van der Waals surface area contributed by atoms with E-state index < -0.39 is 0 Å². The van der Waals surface area contributed by atoms with Crippen LogP contribution in [0.15, 0.2) is 12.3 Å². The Labute approximate surface area is 122 Å². The van der Waals surface area contributed by atoms with Gasteiger partial charge in [-0.1, -0.05) is 6.07 Å². The molecule has 0 fully saturated rings. The number of rotatable bonds is 7. The molecule has 0 aliphatic rings. The van der Waals surface area contributed by atoms with Crippen molar-refractivity contribution in [2.75, 3.05) is 24.0 Å². The van der Waals surface area contributed by atoms with Gasteiger partial charge in [0.05, 0.1) is 0 Å². The maximum Gasteiger partial charge on any atom is 0.131 e. The smallest absolute Gasteiger partial charge is 0.131 e. The Balaban J connectivity index is 2.77. The first kappa shape index (κ1) is 16.3. The summed E-state index contributed by atoms with van der Waals surface area (Å²) < 4.78 is 0. The molecule has 108 valence electrons. The van der Waals surface area contributed by atoms with Gasteiger partial charge in [-0.2, -0.15) is 11.8 Å². The number of hydrogen-bond donors (Lipinski definition) is 1. The molecule has 0 aromatic carbocycles. The van der Waals surface area contributed by atoms with Crippen LogP contribution in [0, 0.1) is 6.92 Å². The molecule has 0 amide bonds. The van der Waals surface area contributed by atoms with Gasteiger partial charge >= 0.3 is 0 Å². The van der Waals surface area contributed by atoms with Crippen molar-refractivity contribution in [1.29, 1.82) is 0 Å². The third-order valence-electron chi connectivity index (χ3n) is 3.40. The zero-order chi connectivity index (χ0) is 14.4. The predicted octanol–water partition coefficient (Wildman–Crippen LogP) is 2.86. The lowest BCUT2D eigenvalue weighted by molar-refractivity contribution is 0.659.